The Morgan fingerprint density at radius 2 is 2.19 bits per heavy atom. The Hall–Kier alpha value is -3.69. The third-order valence-electron chi connectivity index (χ3n) is 3.93. The van der Waals surface area contributed by atoms with Crippen LogP contribution in [0, 0.1) is 17.0 Å². The van der Waals surface area contributed by atoms with E-state index in [9.17, 15) is 19.7 Å². The standard InChI is InChI=1S/C17H15N3O7/c1-10-18-9-14(20(23)24)19(10)6-7-26-16(21)12-8-11-4-3-5-13(25-2)15(11)27-17(12)22/h3-5,8-9H,6-7H2,1-2H3. The number of carbonyl (C=O) groups excluding carboxylic acids is 1. The van der Waals surface area contributed by atoms with Gasteiger partial charge in [-0.3, -0.25) is 0 Å². The van der Waals surface area contributed by atoms with Crippen LogP contribution in [0.3, 0.4) is 0 Å². The van der Waals surface area contributed by atoms with Crippen molar-refractivity contribution in [3.8, 4) is 5.75 Å². The molecule has 140 valence electrons. The second kappa shape index (κ2) is 7.28. The lowest BCUT2D eigenvalue weighted by Gasteiger charge is -2.07. The molecule has 0 fully saturated rings. The smallest absolute Gasteiger partial charge is 0.351 e. The topological polar surface area (TPSA) is 127 Å². The molecule has 0 unspecified atom stereocenters. The maximum Gasteiger partial charge on any atom is 0.351 e. The lowest BCUT2D eigenvalue weighted by molar-refractivity contribution is -0.392. The van der Waals surface area contributed by atoms with E-state index in [2.05, 4.69) is 4.98 Å². The van der Waals surface area contributed by atoms with E-state index in [0.29, 0.717) is 17.0 Å². The molecule has 0 aliphatic carbocycles. The highest BCUT2D eigenvalue weighted by atomic mass is 16.6. The average Bonchev–Trinajstić information content (AvgIpc) is 3.01. The Labute approximate surface area is 152 Å². The summed E-state index contributed by atoms with van der Waals surface area (Å²) in [4.78, 5) is 38.6. The zero-order valence-corrected chi connectivity index (χ0v) is 14.5. The molecule has 0 aliphatic heterocycles. The number of nitro groups is 1. The van der Waals surface area contributed by atoms with E-state index in [-0.39, 0.29) is 30.1 Å². The number of nitrogens with zero attached hydrogens (tertiary/aromatic N) is 3. The summed E-state index contributed by atoms with van der Waals surface area (Å²) in [5.41, 5.74) is -0.902. The van der Waals surface area contributed by atoms with Crippen LogP contribution in [-0.4, -0.2) is 34.2 Å². The normalized spacial score (nSPS) is 10.7. The van der Waals surface area contributed by atoms with Gasteiger partial charge < -0.3 is 24.0 Å². The molecule has 0 saturated carbocycles. The zero-order chi connectivity index (χ0) is 19.6. The molecule has 0 aliphatic rings. The van der Waals surface area contributed by atoms with Crippen LogP contribution in [0.4, 0.5) is 5.82 Å². The first-order valence-corrected chi connectivity index (χ1v) is 7.87. The number of fused-ring (bicyclic) bond motifs is 1. The molecular weight excluding hydrogens is 358 g/mol. The predicted molar refractivity (Wildman–Crippen MR) is 92.9 cm³/mol. The Morgan fingerprint density at radius 1 is 1.41 bits per heavy atom. The fourth-order valence-corrected chi connectivity index (χ4v) is 2.61. The molecular formula is C17H15N3O7. The first-order chi connectivity index (χ1) is 12.9. The minimum absolute atomic E-state index is 0.0284. The molecule has 1 aromatic carbocycles. The molecule has 0 saturated heterocycles. The van der Waals surface area contributed by atoms with Crippen molar-refractivity contribution in [1.29, 1.82) is 0 Å². The largest absolute Gasteiger partial charge is 0.493 e. The summed E-state index contributed by atoms with van der Waals surface area (Å²) >= 11 is 0. The minimum atomic E-state index is -0.881. The molecule has 27 heavy (non-hydrogen) atoms. The number of aryl methyl sites for hydroxylation is 1. The van der Waals surface area contributed by atoms with Crippen molar-refractivity contribution < 1.29 is 23.6 Å². The number of methoxy groups -OCH3 is 1. The van der Waals surface area contributed by atoms with Crippen molar-refractivity contribution in [2.75, 3.05) is 13.7 Å². The van der Waals surface area contributed by atoms with Gasteiger partial charge >= 0.3 is 17.4 Å². The third-order valence-corrected chi connectivity index (χ3v) is 3.93. The van der Waals surface area contributed by atoms with E-state index >= 15 is 0 Å². The molecule has 3 aromatic rings. The van der Waals surface area contributed by atoms with Crippen LogP contribution >= 0.6 is 0 Å². The van der Waals surface area contributed by atoms with E-state index in [4.69, 9.17) is 13.9 Å². The molecule has 0 amide bonds. The first kappa shape index (κ1) is 18.1. The number of para-hydroxylation sites is 1. The van der Waals surface area contributed by atoms with Crippen LogP contribution < -0.4 is 10.4 Å². The molecule has 10 heteroatoms. The van der Waals surface area contributed by atoms with Crippen LogP contribution in [0.5, 0.6) is 5.75 Å². The summed E-state index contributed by atoms with van der Waals surface area (Å²) in [5.74, 6) is -0.308. The van der Waals surface area contributed by atoms with E-state index < -0.39 is 16.5 Å². The minimum Gasteiger partial charge on any atom is -0.493 e. The summed E-state index contributed by atoms with van der Waals surface area (Å²) in [7, 11) is 1.44. The maximum absolute atomic E-state index is 12.2. The fraction of sp³-hybridized carbons (Fsp3) is 0.235. The Kier molecular flexibility index (Phi) is 4.88. The summed E-state index contributed by atoms with van der Waals surface area (Å²) in [6, 6.07) is 6.34. The van der Waals surface area contributed by atoms with Gasteiger partial charge in [0.15, 0.2) is 17.2 Å². The van der Waals surface area contributed by atoms with Gasteiger partial charge in [-0.1, -0.05) is 12.1 Å². The molecule has 0 atom stereocenters. The molecule has 0 spiro atoms. The Balaban J connectivity index is 1.77. The van der Waals surface area contributed by atoms with Crippen LogP contribution in [0.25, 0.3) is 11.0 Å². The number of hydrogen-bond acceptors (Lipinski definition) is 8. The highest BCUT2D eigenvalue weighted by molar-refractivity contribution is 5.94. The lowest BCUT2D eigenvalue weighted by atomic mass is 10.2. The lowest BCUT2D eigenvalue weighted by Crippen LogP contribution is -2.19. The Bertz CT molecular complexity index is 1080. The van der Waals surface area contributed by atoms with Crippen molar-refractivity contribution in [2.45, 2.75) is 13.5 Å². The van der Waals surface area contributed by atoms with Gasteiger partial charge in [0.05, 0.1) is 7.11 Å². The van der Waals surface area contributed by atoms with Gasteiger partial charge in [-0.15, -0.1) is 0 Å². The molecule has 3 rings (SSSR count). The SMILES string of the molecule is COc1cccc2cc(C(=O)OCCn3c([N+](=O)[O-])cnc3C)c(=O)oc12. The van der Waals surface area contributed by atoms with Crippen molar-refractivity contribution in [2.24, 2.45) is 0 Å². The highest BCUT2D eigenvalue weighted by Gasteiger charge is 2.20. The van der Waals surface area contributed by atoms with Crippen molar-refractivity contribution >= 4 is 22.8 Å². The quantitative estimate of drug-likeness (QED) is 0.278. The number of imidazole rings is 1. The summed E-state index contributed by atoms with van der Waals surface area (Å²) < 4.78 is 16.7. The predicted octanol–water partition coefficient (Wildman–Crippen LogP) is 2.07. The molecule has 0 bridgehead atoms. The number of benzene rings is 1. The number of carbonyl (C=O) groups is 1. The second-order valence-corrected chi connectivity index (χ2v) is 5.53. The van der Waals surface area contributed by atoms with Gasteiger partial charge in [0.2, 0.25) is 0 Å². The molecule has 2 aromatic heterocycles. The van der Waals surface area contributed by atoms with Crippen LogP contribution in [-0.2, 0) is 11.3 Å². The van der Waals surface area contributed by atoms with Gasteiger partial charge in [-0.25, -0.2) is 19.1 Å². The van der Waals surface area contributed by atoms with Gasteiger partial charge in [-0.2, -0.15) is 0 Å². The number of rotatable bonds is 6. The zero-order valence-electron chi connectivity index (χ0n) is 14.5. The number of ether oxygens (including phenoxy) is 2. The molecule has 0 N–H and O–H groups in total. The number of esters is 1. The molecule has 10 nitrogen and oxygen atoms in total. The van der Waals surface area contributed by atoms with Crippen molar-refractivity contribution in [1.82, 2.24) is 9.55 Å². The van der Waals surface area contributed by atoms with Gasteiger partial charge in [0.25, 0.3) is 0 Å². The number of hydrogen-bond donors (Lipinski definition) is 0. The van der Waals surface area contributed by atoms with E-state index in [1.807, 2.05) is 0 Å². The molecule has 2 heterocycles. The van der Waals surface area contributed by atoms with Gasteiger partial charge in [0, 0.05) is 12.3 Å². The Morgan fingerprint density at radius 3 is 2.89 bits per heavy atom. The summed E-state index contributed by atoms with van der Waals surface area (Å²) in [6.07, 6.45) is 1.13. The van der Waals surface area contributed by atoms with E-state index in [1.54, 1.807) is 25.1 Å². The molecule has 0 radical (unpaired) electrons. The average molecular weight is 373 g/mol. The number of aromatic nitrogens is 2. The summed E-state index contributed by atoms with van der Waals surface area (Å²) in [6.45, 7) is 1.45. The monoisotopic (exact) mass is 373 g/mol. The third kappa shape index (κ3) is 3.50. The first-order valence-electron chi connectivity index (χ1n) is 7.87. The van der Waals surface area contributed by atoms with Crippen LogP contribution in [0.15, 0.2) is 39.7 Å². The van der Waals surface area contributed by atoms with Crippen LogP contribution in [0.2, 0.25) is 0 Å². The highest BCUT2D eigenvalue weighted by Crippen LogP contribution is 2.24. The summed E-state index contributed by atoms with van der Waals surface area (Å²) in [5, 5.41) is 11.4. The van der Waals surface area contributed by atoms with Gasteiger partial charge in [0.1, 0.15) is 24.9 Å². The van der Waals surface area contributed by atoms with Crippen molar-refractivity contribution in [3.63, 3.8) is 0 Å². The second-order valence-electron chi connectivity index (χ2n) is 5.53. The van der Waals surface area contributed by atoms with Crippen molar-refractivity contribution in [3.05, 3.63) is 62.4 Å². The maximum atomic E-state index is 12.2. The van der Waals surface area contributed by atoms with Gasteiger partial charge in [-0.05, 0) is 17.1 Å². The van der Waals surface area contributed by atoms with E-state index in [1.165, 1.54) is 17.7 Å². The van der Waals surface area contributed by atoms with Crippen LogP contribution in [0.1, 0.15) is 16.2 Å². The van der Waals surface area contributed by atoms with E-state index in [0.717, 1.165) is 6.20 Å². The fourth-order valence-electron chi connectivity index (χ4n) is 2.61.